The van der Waals surface area contributed by atoms with Crippen molar-refractivity contribution in [3.05, 3.63) is 28.2 Å². The molecule has 0 aliphatic heterocycles. The molecular weight excluding hydrogens is 287 g/mol. The molecule has 0 bridgehead atoms. The van der Waals surface area contributed by atoms with E-state index in [1.54, 1.807) is 6.07 Å². The van der Waals surface area contributed by atoms with Crippen LogP contribution in [0, 0.1) is 5.92 Å². The molecule has 5 heteroatoms. The lowest BCUT2D eigenvalue weighted by atomic mass is 9.88. The number of benzene rings is 1. The monoisotopic (exact) mass is 304 g/mol. The predicted octanol–water partition coefficient (Wildman–Crippen LogP) is 4.48. The maximum absolute atomic E-state index is 6.03. The first kappa shape index (κ1) is 15.5. The molecule has 2 N–H and O–H groups in total. The second kappa shape index (κ2) is 5.64. The number of thiocarbonyl (C=S) groups is 1. The summed E-state index contributed by atoms with van der Waals surface area (Å²) in [5, 5.41) is 1.45. The van der Waals surface area contributed by atoms with Crippen LogP contribution < -0.4 is 10.6 Å². The van der Waals surface area contributed by atoms with Crippen LogP contribution in [0.5, 0.6) is 0 Å². The lowest BCUT2D eigenvalue weighted by Gasteiger charge is -2.42. The van der Waals surface area contributed by atoms with E-state index in [0.717, 1.165) is 5.69 Å². The number of rotatable bonds is 3. The standard InChI is InChI=1S/C13H18Cl2N2S/c1-8(2)13(3,4)17(12(16)18)11-6-9(14)5-10(15)7-11/h5-8H,1-4H3,(H2,16,18). The van der Waals surface area contributed by atoms with Crippen LogP contribution in [0.25, 0.3) is 0 Å². The Morgan fingerprint density at radius 3 is 2.00 bits per heavy atom. The number of hydrogen-bond donors (Lipinski definition) is 1. The average molecular weight is 305 g/mol. The zero-order chi connectivity index (χ0) is 14.1. The van der Waals surface area contributed by atoms with E-state index in [1.807, 2.05) is 17.0 Å². The molecule has 100 valence electrons. The van der Waals surface area contributed by atoms with E-state index >= 15 is 0 Å². The first-order valence-corrected chi connectivity index (χ1v) is 6.88. The van der Waals surface area contributed by atoms with Crippen LogP contribution in [0.1, 0.15) is 27.7 Å². The molecule has 0 saturated heterocycles. The molecule has 1 aromatic carbocycles. The Morgan fingerprint density at radius 2 is 1.67 bits per heavy atom. The molecule has 0 spiro atoms. The van der Waals surface area contributed by atoms with E-state index in [0.29, 0.717) is 21.1 Å². The van der Waals surface area contributed by atoms with Gasteiger partial charge in [0.15, 0.2) is 5.11 Å². The third-order valence-corrected chi connectivity index (χ3v) is 3.93. The Kier molecular flexibility index (Phi) is 4.87. The van der Waals surface area contributed by atoms with Crippen LogP contribution in [0.15, 0.2) is 18.2 Å². The van der Waals surface area contributed by atoms with Crippen molar-refractivity contribution in [3.63, 3.8) is 0 Å². The molecule has 2 nitrogen and oxygen atoms in total. The number of halogens is 2. The molecule has 18 heavy (non-hydrogen) atoms. The number of nitrogens with two attached hydrogens (primary N) is 1. The minimum Gasteiger partial charge on any atom is -0.376 e. The molecular formula is C13H18Cl2N2S. The van der Waals surface area contributed by atoms with Crippen LogP contribution in [0.4, 0.5) is 5.69 Å². The SMILES string of the molecule is CC(C)C(C)(C)N(C(N)=S)c1cc(Cl)cc(Cl)c1. The van der Waals surface area contributed by atoms with Crippen molar-refractivity contribution in [2.45, 2.75) is 33.2 Å². The van der Waals surface area contributed by atoms with Crippen LogP contribution >= 0.6 is 35.4 Å². The average Bonchev–Trinajstić information content (AvgIpc) is 2.13. The topological polar surface area (TPSA) is 29.3 Å². The van der Waals surface area contributed by atoms with E-state index in [1.165, 1.54) is 0 Å². The van der Waals surface area contributed by atoms with Crippen LogP contribution in [0.2, 0.25) is 10.0 Å². The quantitative estimate of drug-likeness (QED) is 0.835. The summed E-state index contributed by atoms with van der Waals surface area (Å²) in [6.45, 7) is 8.42. The van der Waals surface area contributed by atoms with Crippen molar-refractivity contribution >= 4 is 46.2 Å². The van der Waals surface area contributed by atoms with Gasteiger partial charge in [-0.3, -0.25) is 0 Å². The highest BCUT2D eigenvalue weighted by Gasteiger charge is 2.32. The smallest absolute Gasteiger partial charge is 0.171 e. The first-order chi connectivity index (χ1) is 8.16. The Balaban J connectivity index is 3.33. The van der Waals surface area contributed by atoms with Gasteiger partial charge in [-0.15, -0.1) is 0 Å². The van der Waals surface area contributed by atoms with Crippen molar-refractivity contribution in [1.82, 2.24) is 0 Å². The minimum absolute atomic E-state index is 0.222. The van der Waals surface area contributed by atoms with E-state index in [2.05, 4.69) is 27.7 Å². The van der Waals surface area contributed by atoms with Crippen molar-refractivity contribution in [1.29, 1.82) is 0 Å². The zero-order valence-electron chi connectivity index (χ0n) is 11.0. The summed E-state index contributed by atoms with van der Waals surface area (Å²) < 4.78 is 0. The fourth-order valence-corrected chi connectivity index (χ4v) is 2.53. The molecule has 0 unspecified atom stereocenters. The highest BCUT2D eigenvalue weighted by atomic mass is 35.5. The second-order valence-corrected chi connectivity index (χ2v) is 6.40. The Labute approximate surface area is 124 Å². The van der Waals surface area contributed by atoms with Gasteiger partial charge in [0, 0.05) is 21.3 Å². The third kappa shape index (κ3) is 3.28. The lowest BCUT2D eigenvalue weighted by Crippen LogP contribution is -2.53. The van der Waals surface area contributed by atoms with Crippen molar-refractivity contribution < 1.29 is 0 Å². The number of anilines is 1. The summed E-state index contributed by atoms with van der Waals surface area (Å²) in [6.07, 6.45) is 0. The minimum atomic E-state index is -0.222. The first-order valence-electron chi connectivity index (χ1n) is 5.72. The Hall–Kier alpha value is -0.510. The van der Waals surface area contributed by atoms with Gasteiger partial charge in [-0.25, -0.2) is 0 Å². The van der Waals surface area contributed by atoms with Crippen molar-refractivity contribution in [3.8, 4) is 0 Å². The zero-order valence-corrected chi connectivity index (χ0v) is 13.3. The molecule has 1 aromatic rings. The highest BCUT2D eigenvalue weighted by molar-refractivity contribution is 7.80. The normalized spacial score (nSPS) is 11.7. The van der Waals surface area contributed by atoms with E-state index in [9.17, 15) is 0 Å². The van der Waals surface area contributed by atoms with Gasteiger partial charge in [0.2, 0.25) is 0 Å². The van der Waals surface area contributed by atoms with Gasteiger partial charge in [0.05, 0.1) is 0 Å². The summed E-state index contributed by atoms with van der Waals surface area (Å²) in [6, 6.07) is 5.32. The van der Waals surface area contributed by atoms with Crippen LogP contribution in [-0.4, -0.2) is 10.7 Å². The molecule has 0 saturated carbocycles. The summed E-state index contributed by atoms with van der Waals surface area (Å²) in [7, 11) is 0. The van der Waals surface area contributed by atoms with Crippen molar-refractivity contribution in [2.75, 3.05) is 4.90 Å². The van der Waals surface area contributed by atoms with Gasteiger partial charge in [-0.05, 0) is 50.2 Å². The summed E-state index contributed by atoms with van der Waals surface area (Å²) in [5.74, 6) is 0.358. The van der Waals surface area contributed by atoms with E-state index < -0.39 is 0 Å². The summed E-state index contributed by atoms with van der Waals surface area (Å²) in [4.78, 5) is 1.89. The molecule has 0 aliphatic rings. The molecule has 0 radical (unpaired) electrons. The summed E-state index contributed by atoms with van der Waals surface area (Å²) >= 11 is 17.2. The van der Waals surface area contributed by atoms with Crippen LogP contribution in [0.3, 0.4) is 0 Å². The van der Waals surface area contributed by atoms with Gasteiger partial charge in [-0.1, -0.05) is 37.0 Å². The van der Waals surface area contributed by atoms with Crippen LogP contribution in [-0.2, 0) is 0 Å². The maximum atomic E-state index is 6.03. The van der Waals surface area contributed by atoms with Gasteiger partial charge in [0.25, 0.3) is 0 Å². The van der Waals surface area contributed by atoms with Crippen molar-refractivity contribution in [2.24, 2.45) is 11.7 Å². The third-order valence-electron chi connectivity index (χ3n) is 3.32. The molecule has 0 aromatic heterocycles. The number of nitrogens with zero attached hydrogens (tertiary/aromatic N) is 1. The molecule has 0 aliphatic carbocycles. The Bertz CT molecular complexity index is 438. The summed E-state index contributed by atoms with van der Waals surface area (Å²) in [5.41, 5.74) is 6.46. The van der Waals surface area contributed by atoms with Gasteiger partial charge < -0.3 is 10.6 Å². The fraction of sp³-hybridized carbons (Fsp3) is 0.462. The predicted molar refractivity (Wildman–Crippen MR) is 84.6 cm³/mol. The molecule has 0 fully saturated rings. The highest BCUT2D eigenvalue weighted by Crippen LogP contribution is 2.33. The molecule has 1 rings (SSSR count). The number of hydrogen-bond acceptors (Lipinski definition) is 1. The maximum Gasteiger partial charge on any atom is 0.171 e. The molecule has 0 heterocycles. The van der Waals surface area contributed by atoms with Gasteiger partial charge in [0.1, 0.15) is 0 Å². The lowest BCUT2D eigenvalue weighted by molar-refractivity contribution is 0.373. The van der Waals surface area contributed by atoms with Gasteiger partial charge >= 0.3 is 0 Å². The largest absolute Gasteiger partial charge is 0.376 e. The van der Waals surface area contributed by atoms with Gasteiger partial charge in [-0.2, -0.15) is 0 Å². The second-order valence-electron chi connectivity index (χ2n) is 5.11. The fourth-order valence-electron chi connectivity index (χ4n) is 1.67. The Morgan fingerprint density at radius 1 is 1.22 bits per heavy atom. The molecule has 0 amide bonds. The molecule has 0 atom stereocenters. The van der Waals surface area contributed by atoms with E-state index in [4.69, 9.17) is 41.2 Å². The van der Waals surface area contributed by atoms with E-state index in [-0.39, 0.29) is 5.54 Å².